The first kappa shape index (κ1) is 21.4. The van der Waals surface area contributed by atoms with Crippen molar-refractivity contribution in [3.8, 4) is 10.7 Å². The van der Waals surface area contributed by atoms with E-state index in [2.05, 4.69) is 15.5 Å². The summed E-state index contributed by atoms with van der Waals surface area (Å²) in [6, 6.07) is 16.8. The summed E-state index contributed by atoms with van der Waals surface area (Å²) in [6.45, 7) is 1.80. The maximum absolute atomic E-state index is 14.0. The molecule has 2 aromatic carbocycles. The Kier molecular flexibility index (Phi) is 5.74. The molecule has 9 heteroatoms. The van der Waals surface area contributed by atoms with Gasteiger partial charge in [-0.1, -0.05) is 29.4 Å². The predicted octanol–water partition coefficient (Wildman–Crippen LogP) is 6.36. The molecule has 166 valence electrons. The van der Waals surface area contributed by atoms with Crippen LogP contribution in [0.15, 0.2) is 81.2 Å². The maximum atomic E-state index is 14.0. The SMILES string of the molecule is CSc1ccc(C2NC(=O)N(c3cccc(F)c3)C(C)=C2c2nc(-c3cccs3)no2)cc1. The van der Waals surface area contributed by atoms with Crippen LogP contribution in [0, 0.1) is 5.82 Å². The van der Waals surface area contributed by atoms with Crippen LogP contribution in [0.25, 0.3) is 16.3 Å². The number of carbonyl (C=O) groups is 1. The van der Waals surface area contributed by atoms with Gasteiger partial charge in [-0.25, -0.2) is 9.18 Å². The first-order valence-electron chi connectivity index (χ1n) is 10.1. The van der Waals surface area contributed by atoms with Gasteiger partial charge in [-0.05, 0) is 60.5 Å². The van der Waals surface area contributed by atoms with E-state index in [1.165, 1.54) is 28.4 Å². The van der Waals surface area contributed by atoms with Crippen molar-refractivity contribution in [1.82, 2.24) is 15.5 Å². The van der Waals surface area contributed by atoms with E-state index < -0.39 is 11.9 Å². The number of allylic oxidation sites excluding steroid dienone is 1. The number of nitrogens with zero attached hydrogens (tertiary/aromatic N) is 3. The Hall–Kier alpha value is -3.43. The molecule has 1 atom stereocenters. The molecule has 3 heterocycles. The lowest BCUT2D eigenvalue weighted by molar-refractivity contribution is 0.244. The highest BCUT2D eigenvalue weighted by Crippen LogP contribution is 2.39. The van der Waals surface area contributed by atoms with Gasteiger partial charge in [0.05, 0.1) is 22.2 Å². The van der Waals surface area contributed by atoms with Crippen LogP contribution in [-0.4, -0.2) is 22.4 Å². The average Bonchev–Trinajstić information content (AvgIpc) is 3.51. The first-order valence-corrected chi connectivity index (χ1v) is 12.2. The first-order chi connectivity index (χ1) is 16.0. The van der Waals surface area contributed by atoms with Crippen LogP contribution in [0.2, 0.25) is 0 Å². The number of halogens is 1. The summed E-state index contributed by atoms with van der Waals surface area (Å²) in [7, 11) is 0. The summed E-state index contributed by atoms with van der Waals surface area (Å²) < 4.78 is 19.6. The lowest BCUT2D eigenvalue weighted by Crippen LogP contribution is -2.46. The largest absolute Gasteiger partial charge is 0.334 e. The third-order valence-corrected chi connectivity index (χ3v) is 7.01. The van der Waals surface area contributed by atoms with E-state index >= 15 is 0 Å². The van der Waals surface area contributed by atoms with Crippen LogP contribution in [0.1, 0.15) is 24.4 Å². The fourth-order valence-corrected chi connectivity index (χ4v) is 4.89. The number of benzene rings is 2. The number of thiophene rings is 1. The monoisotopic (exact) mass is 478 g/mol. The van der Waals surface area contributed by atoms with Gasteiger partial charge in [-0.3, -0.25) is 4.90 Å². The number of aromatic nitrogens is 2. The summed E-state index contributed by atoms with van der Waals surface area (Å²) in [6.07, 6.45) is 2.01. The molecule has 1 unspecified atom stereocenters. The van der Waals surface area contributed by atoms with Crippen molar-refractivity contribution in [1.29, 1.82) is 0 Å². The zero-order chi connectivity index (χ0) is 22.9. The topological polar surface area (TPSA) is 71.3 Å². The highest BCUT2D eigenvalue weighted by atomic mass is 32.2. The standard InChI is InChI=1S/C24H19FN4O2S2/c1-14-20(23-27-22(28-31-23)19-7-4-12-33-19)21(15-8-10-18(32-2)11-9-15)26-24(30)29(14)17-6-3-5-16(25)13-17/h3-13,21H,1-2H3,(H,26,30). The van der Waals surface area contributed by atoms with Gasteiger partial charge < -0.3 is 9.84 Å². The molecule has 0 saturated carbocycles. The normalized spacial score (nSPS) is 16.3. The van der Waals surface area contributed by atoms with Gasteiger partial charge in [0.2, 0.25) is 5.82 Å². The minimum Gasteiger partial charge on any atom is -0.334 e. The summed E-state index contributed by atoms with van der Waals surface area (Å²) in [5, 5.41) is 9.13. The van der Waals surface area contributed by atoms with E-state index in [-0.39, 0.29) is 6.03 Å². The molecule has 1 aliphatic heterocycles. The Labute approximate surface area is 198 Å². The van der Waals surface area contributed by atoms with Gasteiger partial charge in [-0.15, -0.1) is 23.1 Å². The number of rotatable bonds is 5. The number of thioether (sulfide) groups is 1. The van der Waals surface area contributed by atoms with Crippen LogP contribution in [0.5, 0.6) is 0 Å². The van der Waals surface area contributed by atoms with Crippen molar-refractivity contribution in [2.45, 2.75) is 17.9 Å². The minimum atomic E-state index is -0.505. The maximum Gasteiger partial charge on any atom is 0.327 e. The summed E-state index contributed by atoms with van der Waals surface area (Å²) in [5.41, 5.74) is 2.54. The second-order valence-corrected chi connectivity index (χ2v) is 9.20. The van der Waals surface area contributed by atoms with Gasteiger partial charge in [0.25, 0.3) is 5.89 Å². The third kappa shape index (κ3) is 4.05. The van der Waals surface area contributed by atoms with Crippen LogP contribution in [-0.2, 0) is 0 Å². The molecule has 0 spiro atoms. The molecule has 33 heavy (non-hydrogen) atoms. The lowest BCUT2D eigenvalue weighted by Gasteiger charge is -2.35. The van der Waals surface area contributed by atoms with Crippen molar-refractivity contribution in [2.24, 2.45) is 0 Å². The van der Waals surface area contributed by atoms with Crippen molar-refractivity contribution in [3.05, 3.63) is 89.0 Å². The fourth-order valence-electron chi connectivity index (χ4n) is 3.83. The summed E-state index contributed by atoms with van der Waals surface area (Å²) >= 11 is 3.15. The Morgan fingerprint density at radius 2 is 1.97 bits per heavy atom. The van der Waals surface area contributed by atoms with E-state index in [1.54, 1.807) is 30.8 Å². The van der Waals surface area contributed by atoms with Crippen molar-refractivity contribution in [3.63, 3.8) is 0 Å². The number of anilines is 1. The molecular formula is C24H19FN4O2S2. The van der Waals surface area contributed by atoms with E-state index in [4.69, 9.17) is 4.52 Å². The number of urea groups is 1. The smallest absolute Gasteiger partial charge is 0.327 e. The summed E-state index contributed by atoms with van der Waals surface area (Å²) in [4.78, 5) is 21.2. The number of amides is 2. The van der Waals surface area contributed by atoms with E-state index in [0.717, 1.165) is 15.3 Å². The number of hydrogen-bond acceptors (Lipinski definition) is 6. The van der Waals surface area contributed by atoms with Crippen molar-refractivity contribution < 1.29 is 13.7 Å². The van der Waals surface area contributed by atoms with E-state index in [0.29, 0.717) is 28.7 Å². The highest BCUT2D eigenvalue weighted by Gasteiger charge is 2.36. The van der Waals surface area contributed by atoms with E-state index in [1.807, 2.05) is 48.0 Å². The van der Waals surface area contributed by atoms with E-state index in [9.17, 15) is 9.18 Å². The third-order valence-electron chi connectivity index (χ3n) is 5.40. The zero-order valence-corrected chi connectivity index (χ0v) is 19.4. The van der Waals surface area contributed by atoms with Gasteiger partial charge in [0.1, 0.15) is 5.82 Å². The van der Waals surface area contributed by atoms with Gasteiger partial charge in [-0.2, -0.15) is 4.98 Å². The minimum absolute atomic E-state index is 0.302. The molecule has 0 radical (unpaired) electrons. The van der Waals surface area contributed by atoms with Crippen LogP contribution < -0.4 is 10.2 Å². The molecular weight excluding hydrogens is 459 g/mol. The molecule has 0 bridgehead atoms. The summed E-state index contributed by atoms with van der Waals surface area (Å²) in [5.74, 6) is 0.351. The molecule has 0 aliphatic carbocycles. The second kappa shape index (κ2) is 8.84. The Morgan fingerprint density at radius 3 is 2.67 bits per heavy atom. The van der Waals surface area contributed by atoms with Crippen molar-refractivity contribution >= 4 is 40.4 Å². The molecule has 4 aromatic rings. The lowest BCUT2D eigenvalue weighted by atomic mass is 9.94. The number of hydrogen-bond donors (Lipinski definition) is 1. The zero-order valence-electron chi connectivity index (χ0n) is 17.8. The number of nitrogens with one attached hydrogen (secondary N) is 1. The van der Waals surface area contributed by atoms with Crippen LogP contribution in [0.4, 0.5) is 14.9 Å². The van der Waals surface area contributed by atoms with Crippen molar-refractivity contribution in [2.75, 3.05) is 11.2 Å². The van der Waals surface area contributed by atoms with Gasteiger partial charge in [0, 0.05) is 10.6 Å². The Balaban J connectivity index is 1.65. The Bertz CT molecular complexity index is 1330. The molecule has 1 N–H and O–H groups in total. The van der Waals surface area contributed by atoms with Gasteiger partial charge in [0.15, 0.2) is 0 Å². The molecule has 0 saturated heterocycles. The predicted molar refractivity (Wildman–Crippen MR) is 129 cm³/mol. The number of carbonyl (C=O) groups excluding carboxylic acids is 1. The average molecular weight is 479 g/mol. The van der Waals surface area contributed by atoms with Crippen LogP contribution >= 0.6 is 23.1 Å². The highest BCUT2D eigenvalue weighted by molar-refractivity contribution is 7.98. The molecule has 6 nitrogen and oxygen atoms in total. The van der Waals surface area contributed by atoms with Crippen LogP contribution in [0.3, 0.4) is 0 Å². The second-order valence-electron chi connectivity index (χ2n) is 7.37. The molecule has 0 fully saturated rings. The molecule has 1 aliphatic rings. The molecule has 2 amide bonds. The molecule has 5 rings (SSSR count). The Morgan fingerprint density at radius 1 is 1.15 bits per heavy atom. The molecule has 2 aromatic heterocycles. The van der Waals surface area contributed by atoms with Gasteiger partial charge >= 0.3 is 6.03 Å². The fraction of sp³-hybridized carbons (Fsp3) is 0.125. The quantitative estimate of drug-likeness (QED) is 0.338.